The Hall–Kier alpha value is -0.410. The lowest BCUT2D eigenvalue weighted by Gasteiger charge is -2.43. The summed E-state index contributed by atoms with van der Waals surface area (Å²) in [5.74, 6) is 0.571. The quantitative estimate of drug-likeness (QED) is 0.762. The maximum atomic E-state index is 13.5. The molecule has 1 aromatic carbocycles. The molecule has 0 amide bonds. The minimum absolute atomic E-state index is 0.173. The summed E-state index contributed by atoms with van der Waals surface area (Å²) in [6.07, 6.45) is 6.43. The van der Waals surface area contributed by atoms with Gasteiger partial charge in [0.25, 0.3) is 0 Å². The van der Waals surface area contributed by atoms with Gasteiger partial charge in [0.15, 0.2) is 0 Å². The third kappa shape index (κ3) is 4.29. The molecule has 0 heterocycles. The normalized spacial score (nSPS) is 26.9. The average Bonchev–Trinajstić information content (AvgIpc) is 2.37. The van der Waals surface area contributed by atoms with Gasteiger partial charge in [-0.2, -0.15) is 0 Å². The minimum Gasteiger partial charge on any atom is -0.325 e. The van der Waals surface area contributed by atoms with Crippen LogP contribution < -0.4 is 5.73 Å². The van der Waals surface area contributed by atoms with Crippen molar-refractivity contribution < 1.29 is 4.39 Å². The first-order valence-corrected chi connectivity index (χ1v) is 8.77. The predicted octanol–water partition coefficient (Wildman–Crippen LogP) is 5.45. The highest BCUT2D eigenvalue weighted by atomic mass is 79.9. The minimum atomic E-state index is -0.191. The topological polar surface area (TPSA) is 26.0 Å². The molecule has 0 aromatic heterocycles. The second-order valence-corrected chi connectivity index (χ2v) is 8.35. The maximum absolute atomic E-state index is 13.5. The van der Waals surface area contributed by atoms with Gasteiger partial charge in [-0.15, -0.1) is 0 Å². The van der Waals surface area contributed by atoms with Gasteiger partial charge in [0.05, 0.1) is 0 Å². The van der Waals surface area contributed by atoms with E-state index in [2.05, 4.69) is 36.7 Å². The van der Waals surface area contributed by atoms with Crippen LogP contribution in [0.1, 0.15) is 58.4 Å². The maximum Gasteiger partial charge on any atom is 0.124 e. The van der Waals surface area contributed by atoms with Crippen molar-refractivity contribution in [3.8, 4) is 0 Å². The van der Waals surface area contributed by atoms with Crippen LogP contribution in [0.25, 0.3) is 0 Å². The van der Waals surface area contributed by atoms with Gasteiger partial charge in [-0.3, -0.25) is 0 Å². The Kier molecular flexibility index (Phi) is 5.15. The number of hydrogen-bond donors (Lipinski definition) is 1. The third-order valence-corrected chi connectivity index (χ3v) is 5.93. The lowest BCUT2D eigenvalue weighted by Crippen LogP contribution is -2.47. The van der Waals surface area contributed by atoms with Gasteiger partial charge in [-0.1, -0.05) is 43.1 Å². The number of nitrogens with two attached hydrogens (primary N) is 1. The Labute approximate surface area is 136 Å². The number of halogens is 2. The fourth-order valence-electron chi connectivity index (χ4n) is 3.56. The van der Waals surface area contributed by atoms with Crippen molar-refractivity contribution in [2.24, 2.45) is 17.1 Å². The first kappa shape index (κ1) is 17.0. The van der Waals surface area contributed by atoms with Crippen LogP contribution >= 0.6 is 15.9 Å². The van der Waals surface area contributed by atoms with Crippen molar-refractivity contribution in [2.75, 3.05) is 0 Å². The summed E-state index contributed by atoms with van der Waals surface area (Å²) in [7, 11) is 0. The van der Waals surface area contributed by atoms with Crippen molar-refractivity contribution in [2.45, 2.75) is 64.8 Å². The van der Waals surface area contributed by atoms with E-state index in [-0.39, 0.29) is 11.4 Å². The van der Waals surface area contributed by atoms with Crippen molar-refractivity contribution in [1.82, 2.24) is 0 Å². The van der Waals surface area contributed by atoms with Crippen LogP contribution in [0, 0.1) is 17.2 Å². The molecule has 0 saturated heterocycles. The fraction of sp³-hybridized carbons (Fsp3) is 0.667. The molecular weight excluding hydrogens is 329 g/mol. The molecule has 118 valence electrons. The van der Waals surface area contributed by atoms with E-state index in [0.29, 0.717) is 5.41 Å². The molecular formula is C18H27BrFN. The van der Waals surface area contributed by atoms with E-state index in [9.17, 15) is 4.39 Å². The Morgan fingerprint density at radius 1 is 1.29 bits per heavy atom. The standard InChI is InChI=1S/C18H27BrFN/c1-4-17(2,3)14-5-7-18(21,8-6-14)12-13-9-15(19)11-16(20)10-13/h9-11,14H,4-8,12,21H2,1-3H3. The molecule has 1 fully saturated rings. The summed E-state index contributed by atoms with van der Waals surface area (Å²) in [5.41, 5.74) is 7.83. The molecule has 0 bridgehead atoms. The van der Waals surface area contributed by atoms with Gasteiger partial charge in [-0.05, 0) is 67.2 Å². The molecule has 1 aromatic rings. The number of rotatable bonds is 4. The van der Waals surface area contributed by atoms with Crippen LogP contribution in [-0.2, 0) is 6.42 Å². The highest BCUT2D eigenvalue weighted by Crippen LogP contribution is 2.43. The fourth-order valence-corrected chi connectivity index (χ4v) is 4.07. The van der Waals surface area contributed by atoms with Crippen molar-refractivity contribution in [3.05, 3.63) is 34.1 Å². The van der Waals surface area contributed by atoms with E-state index in [1.165, 1.54) is 25.3 Å². The van der Waals surface area contributed by atoms with Crippen LogP contribution in [0.2, 0.25) is 0 Å². The first-order chi connectivity index (χ1) is 9.74. The molecule has 0 atom stereocenters. The predicted molar refractivity (Wildman–Crippen MR) is 90.8 cm³/mol. The second-order valence-electron chi connectivity index (χ2n) is 7.43. The van der Waals surface area contributed by atoms with Gasteiger partial charge in [0.1, 0.15) is 5.82 Å². The highest BCUT2D eigenvalue weighted by Gasteiger charge is 2.37. The van der Waals surface area contributed by atoms with Gasteiger partial charge < -0.3 is 5.73 Å². The van der Waals surface area contributed by atoms with Crippen LogP contribution in [-0.4, -0.2) is 5.54 Å². The first-order valence-electron chi connectivity index (χ1n) is 7.98. The monoisotopic (exact) mass is 355 g/mol. The lowest BCUT2D eigenvalue weighted by atomic mass is 9.65. The molecule has 2 rings (SSSR count). The second kappa shape index (κ2) is 6.37. The summed E-state index contributed by atoms with van der Waals surface area (Å²) in [6, 6.07) is 5.09. The van der Waals surface area contributed by atoms with E-state index in [4.69, 9.17) is 5.73 Å². The molecule has 1 aliphatic rings. The summed E-state index contributed by atoms with van der Waals surface area (Å²) in [4.78, 5) is 0. The summed E-state index contributed by atoms with van der Waals surface area (Å²) in [6.45, 7) is 7.00. The van der Waals surface area contributed by atoms with E-state index in [1.807, 2.05) is 6.07 Å². The Morgan fingerprint density at radius 3 is 2.43 bits per heavy atom. The molecule has 21 heavy (non-hydrogen) atoms. The van der Waals surface area contributed by atoms with E-state index >= 15 is 0 Å². The Bertz CT molecular complexity index is 470. The van der Waals surface area contributed by atoms with Gasteiger partial charge >= 0.3 is 0 Å². The van der Waals surface area contributed by atoms with Crippen molar-refractivity contribution in [3.63, 3.8) is 0 Å². The summed E-state index contributed by atoms with van der Waals surface area (Å²) in [5, 5.41) is 0. The smallest absolute Gasteiger partial charge is 0.124 e. The molecule has 1 nitrogen and oxygen atoms in total. The molecule has 2 N–H and O–H groups in total. The Morgan fingerprint density at radius 2 is 1.90 bits per heavy atom. The molecule has 0 unspecified atom stereocenters. The van der Waals surface area contributed by atoms with Crippen molar-refractivity contribution in [1.29, 1.82) is 0 Å². The average molecular weight is 356 g/mol. The zero-order valence-electron chi connectivity index (χ0n) is 13.4. The van der Waals surface area contributed by atoms with Gasteiger partial charge in [0, 0.05) is 10.0 Å². The SMILES string of the molecule is CCC(C)(C)C1CCC(N)(Cc2cc(F)cc(Br)c2)CC1. The summed E-state index contributed by atoms with van der Waals surface area (Å²) >= 11 is 3.36. The largest absolute Gasteiger partial charge is 0.325 e. The molecule has 0 spiro atoms. The molecule has 3 heteroatoms. The zero-order valence-corrected chi connectivity index (χ0v) is 15.0. The molecule has 1 saturated carbocycles. The Balaban J connectivity index is 2.02. The molecule has 0 radical (unpaired) electrons. The molecule has 1 aliphatic carbocycles. The lowest BCUT2D eigenvalue weighted by molar-refractivity contribution is 0.115. The van der Waals surface area contributed by atoms with Gasteiger partial charge in [-0.25, -0.2) is 4.39 Å². The number of hydrogen-bond acceptors (Lipinski definition) is 1. The van der Waals surface area contributed by atoms with Crippen LogP contribution in [0.4, 0.5) is 4.39 Å². The van der Waals surface area contributed by atoms with E-state index in [1.54, 1.807) is 6.07 Å². The van der Waals surface area contributed by atoms with E-state index < -0.39 is 0 Å². The summed E-state index contributed by atoms with van der Waals surface area (Å²) < 4.78 is 14.3. The van der Waals surface area contributed by atoms with Crippen LogP contribution in [0.3, 0.4) is 0 Å². The van der Waals surface area contributed by atoms with Crippen LogP contribution in [0.15, 0.2) is 22.7 Å². The van der Waals surface area contributed by atoms with Gasteiger partial charge in [0.2, 0.25) is 0 Å². The number of benzene rings is 1. The van der Waals surface area contributed by atoms with Crippen LogP contribution in [0.5, 0.6) is 0 Å². The zero-order chi connectivity index (χ0) is 15.7. The van der Waals surface area contributed by atoms with E-state index in [0.717, 1.165) is 35.2 Å². The highest BCUT2D eigenvalue weighted by molar-refractivity contribution is 9.10. The third-order valence-electron chi connectivity index (χ3n) is 5.48. The van der Waals surface area contributed by atoms with Crippen molar-refractivity contribution >= 4 is 15.9 Å². The molecule has 0 aliphatic heterocycles.